The summed E-state index contributed by atoms with van der Waals surface area (Å²) >= 11 is 0. The number of nitrogens with zero attached hydrogens (tertiary/aromatic N) is 1. The Bertz CT molecular complexity index is 500. The molecule has 1 aliphatic heterocycles. The topological polar surface area (TPSA) is 103 Å². The van der Waals surface area contributed by atoms with Gasteiger partial charge in [-0.15, -0.1) is 5.73 Å². The number of unbranched alkanes of at least 4 members (excludes halogenated alkanes) is 2. The van der Waals surface area contributed by atoms with Crippen LogP contribution in [-0.4, -0.2) is 89.4 Å². The van der Waals surface area contributed by atoms with Crippen molar-refractivity contribution >= 4 is 0 Å². The number of aliphatic hydroxyl groups is 4. The predicted molar refractivity (Wildman–Crippen MR) is 91.8 cm³/mol. The Labute approximate surface area is 148 Å². The fraction of sp³-hybridized carbons (Fsp3) is 0.722. The molecule has 1 aliphatic carbocycles. The summed E-state index contributed by atoms with van der Waals surface area (Å²) in [5.41, 5.74) is 4.37. The maximum Gasteiger partial charge on any atom is 0.186 e. The predicted octanol–water partition coefficient (Wildman–Crippen LogP) is -0.444. The molecule has 0 aromatic rings. The summed E-state index contributed by atoms with van der Waals surface area (Å²) in [5, 5.41) is 38.4. The van der Waals surface area contributed by atoms with Gasteiger partial charge in [0.1, 0.15) is 24.4 Å². The van der Waals surface area contributed by atoms with Crippen LogP contribution < -0.4 is 0 Å². The molecule has 2 rings (SSSR count). The van der Waals surface area contributed by atoms with Crippen molar-refractivity contribution < 1.29 is 29.9 Å². The second-order valence-electron chi connectivity index (χ2n) is 6.56. The van der Waals surface area contributed by atoms with Gasteiger partial charge in [0, 0.05) is 18.7 Å². The zero-order chi connectivity index (χ0) is 18.2. The van der Waals surface area contributed by atoms with Crippen molar-refractivity contribution in [1.29, 1.82) is 0 Å². The van der Waals surface area contributed by atoms with Crippen LogP contribution in [0.2, 0.25) is 0 Å². The number of rotatable bonds is 10. The minimum atomic E-state index is -1.39. The zero-order valence-electron chi connectivity index (χ0n) is 14.6. The van der Waals surface area contributed by atoms with Crippen molar-refractivity contribution in [1.82, 2.24) is 4.90 Å². The van der Waals surface area contributed by atoms with Crippen LogP contribution in [0.1, 0.15) is 19.3 Å². The van der Waals surface area contributed by atoms with E-state index >= 15 is 0 Å². The van der Waals surface area contributed by atoms with Crippen molar-refractivity contribution in [3.8, 4) is 0 Å². The molecular weight excluding hydrogens is 326 g/mol. The lowest BCUT2D eigenvalue weighted by molar-refractivity contribution is -0.301. The summed E-state index contributed by atoms with van der Waals surface area (Å²) in [4.78, 5) is 2.24. The molecule has 4 N–H and O–H groups in total. The van der Waals surface area contributed by atoms with E-state index in [4.69, 9.17) is 14.6 Å². The highest BCUT2D eigenvalue weighted by molar-refractivity contribution is 5.29. The summed E-state index contributed by atoms with van der Waals surface area (Å²) in [6, 6.07) is 0. The largest absolute Gasteiger partial charge is 0.394 e. The second kappa shape index (κ2) is 10.2. The van der Waals surface area contributed by atoms with E-state index in [1.165, 1.54) is 5.57 Å². The first-order chi connectivity index (χ1) is 12.0. The second-order valence-corrected chi connectivity index (χ2v) is 6.56. The Hall–Kier alpha value is -1.02. The van der Waals surface area contributed by atoms with Crippen LogP contribution in [0.5, 0.6) is 0 Å². The number of aliphatic hydroxyl groups excluding tert-OH is 4. The molecule has 0 aromatic carbocycles. The Morgan fingerprint density at radius 1 is 1.16 bits per heavy atom. The van der Waals surface area contributed by atoms with Crippen molar-refractivity contribution in [3.05, 3.63) is 29.5 Å². The van der Waals surface area contributed by atoms with E-state index < -0.39 is 37.3 Å². The van der Waals surface area contributed by atoms with Crippen molar-refractivity contribution in [2.45, 2.75) is 50.0 Å². The number of hydrogen-bond donors (Lipinski definition) is 4. The first-order valence-corrected chi connectivity index (χ1v) is 8.76. The third-order valence-electron chi connectivity index (χ3n) is 4.42. The van der Waals surface area contributed by atoms with Crippen molar-refractivity contribution in [2.75, 3.05) is 33.4 Å². The van der Waals surface area contributed by atoms with Gasteiger partial charge in [-0.05, 0) is 45.0 Å². The third kappa shape index (κ3) is 6.02. The molecule has 0 radical (unpaired) electrons. The SMILES string of the molecule is CN(CCCCCO[C@@H]1O[C@H](CO)[C@@H](O)[C@H](O)[C@H]1O)CC1=C=CC=C1. The van der Waals surface area contributed by atoms with Crippen LogP contribution in [0.25, 0.3) is 0 Å². The molecule has 1 fully saturated rings. The van der Waals surface area contributed by atoms with Gasteiger partial charge in [0.2, 0.25) is 0 Å². The van der Waals surface area contributed by atoms with Crippen LogP contribution in [0, 0.1) is 0 Å². The smallest absolute Gasteiger partial charge is 0.186 e. The van der Waals surface area contributed by atoms with Gasteiger partial charge in [-0.2, -0.15) is 0 Å². The van der Waals surface area contributed by atoms with Crippen molar-refractivity contribution in [2.24, 2.45) is 0 Å². The van der Waals surface area contributed by atoms with Gasteiger partial charge in [-0.1, -0.05) is 6.08 Å². The maximum absolute atomic E-state index is 9.87. The van der Waals surface area contributed by atoms with Gasteiger partial charge in [0.05, 0.1) is 6.61 Å². The average Bonchev–Trinajstić information content (AvgIpc) is 3.10. The Morgan fingerprint density at radius 2 is 1.96 bits per heavy atom. The molecule has 0 unspecified atom stereocenters. The zero-order valence-corrected chi connectivity index (χ0v) is 14.6. The molecule has 1 heterocycles. The molecular formula is C18H29NO6. The van der Waals surface area contributed by atoms with E-state index in [2.05, 4.69) is 23.8 Å². The summed E-state index contributed by atoms with van der Waals surface area (Å²) < 4.78 is 10.8. The normalized spacial score (nSPS) is 31.8. The molecule has 0 saturated carbocycles. The highest BCUT2D eigenvalue weighted by Gasteiger charge is 2.43. The molecule has 5 atom stereocenters. The Balaban J connectivity index is 1.57. The molecule has 0 amide bonds. The molecule has 25 heavy (non-hydrogen) atoms. The van der Waals surface area contributed by atoms with E-state index in [-0.39, 0.29) is 0 Å². The van der Waals surface area contributed by atoms with E-state index in [1.807, 2.05) is 12.2 Å². The lowest BCUT2D eigenvalue weighted by Gasteiger charge is -2.39. The summed E-state index contributed by atoms with van der Waals surface area (Å²) in [7, 11) is 2.07. The van der Waals surface area contributed by atoms with Crippen LogP contribution in [0.15, 0.2) is 29.5 Å². The number of hydrogen-bond acceptors (Lipinski definition) is 7. The van der Waals surface area contributed by atoms with E-state index in [1.54, 1.807) is 0 Å². The number of likely N-dealkylation sites (N-methyl/N-ethyl adjacent to an activating group) is 1. The fourth-order valence-electron chi connectivity index (χ4n) is 2.90. The lowest BCUT2D eigenvalue weighted by atomic mass is 9.99. The molecule has 7 heteroatoms. The van der Waals surface area contributed by atoms with E-state index in [0.717, 1.165) is 32.4 Å². The molecule has 0 spiro atoms. The Morgan fingerprint density at radius 3 is 2.64 bits per heavy atom. The van der Waals surface area contributed by atoms with Gasteiger partial charge >= 0.3 is 0 Å². The minimum absolute atomic E-state index is 0.378. The molecule has 7 nitrogen and oxygen atoms in total. The van der Waals surface area contributed by atoms with Gasteiger partial charge in [-0.25, -0.2) is 0 Å². The number of allylic oxidation sites excluding steroid dienone is 1. The van der Waals surface area contributed by atoms with Gasteiger partial charge in [0.15, 0.2) is 6.29 Å². The highest BCUT2D eigenvalue weighted by atomic mass is 16.7. The van der Waals surface area contributed by atoms with Gasteiger partial charge in [-0.3, -0.25) is 0 Å². The quantitative estimate of drug-likeness (QED) is 0.311. The molecule has 0 aromatic heterocycles. The monoisotopic (exact) mass is 355 g/mol. The van der Waals surface area contributed by atoms with Crippen LogP contribution in [0.3, 0.4) is 0 Å². The summed E-state index contributed by atoms with van der Waals surface area (Å²) in [6.07, 6.45) is 2.71. The van der Waals surface area contributed by atoms with Crippen LogP contribution in [-0.2, 0) is 9.47 Å². The minimum Gasteiger partial charge on any atom is -0.394 e. The van der Waals surface area contributed by atoms with Crippen molar-refractivity contribution in [3.63, 3.8) is 0 Å². The molecule has 0 bridgehead atoms. The summed E-state index contributed by atoms with van der Waals surface area (Å²) in [5.74, 6) is 0. The average molecular weight is 355 g/mol. The van der Waals surface area contributed by atoms with Crippen LogP contribution >= 0.6 is 0 Å². The maximum atomic E-state index is 9.87. The van der Waals surface area contributed by atoms with Crippen LogP contribution in [0.4, 0.5) is 0 Å². The molecule has 142 valence electrons. The fourth-order valence-corrected chi connectivity index (χ4v) is 2.90. The highest BCUT2D eigenvalue weighted by Crippen LogP contribution is 2.22. The standard InChI is InChI=1S/C18H29NO6/c1-19(11-13-7-3-4-8-13)9-5-2-6-10-24-18-17(23)16(22)15(21)14(12-20)25-18/h3-4,7,14-18,20-23H,2,5-6,9-12H2,1H3/t14-,15-,16+,17-,18-/m1/s1. The molecule has 2 aliphatic rings. The molecule has 1 saturated heterocycles. The lowest BCUT2D eigenvalue weighted by Crippen LogP contribution is -2.59. The Kier molecular flexibility index (Phi) is 8.29. The third-order valence-corrected chi connectivity index (χ3v) is 4.42. The van der Waals surface area contributed by atoms with Gasteiger partial charge in [0.25, 0.3) is 0 Å². The summed E-state index contributed by atoms with van der Waals surface area (Å²) in [6.45, 7) is 1.79. The first kappa shape index (κ1) is 20.3. The van der Waals surface area contributed by atoms with Gasteiger partial charge < -0.3 is 34.8 Å². The van der Waals surface area contributed by atoms with E-state index in [9.17, 15) is 15.3 Å². The number of ether oxygens (including phenoxy) is 2. The first-order valence-electron chi connectivity index (χ1n) is 8.76. The van der Waals surface area contributed by atoms with E-state index in [0.29, 0.717) is 6.61 Å².